The van der Waals surface area contributed by atoms with Gasteiger partial charge in [-0.05, 0) is 12.1 Å². The van der Waals surface area contributed by atoms with Crippen molar-refractivity contribution in [1.82, 2.24) is 4.98 Å². The van der Waals surface area contributed by atoms with Crippen LogP contribution in [0.1, 0.15) is 12.1 Å². The molecule has 72 valence electrons. The van der Waals surface area contributed by atoms with E-state index in [-0.39, 0.29) is 0 Å². The van der Waals surface area contributed by atoms with E-state index in [2.05, 4.69) is 4.98 Å². The molecule has 1 heterocycles. The summed E-state index contributed by atoms with van der Waals surface area (Å²) in [6, 6.07) is 8.09. The highest BCUT2D eigenvalue weighted by Crippen LogP contribution is 2.28. The van der Waals surface area contributed by atoms with Crippen LogP contribution in [0.25, 0.3) is 10.9 Å². The minimum Gasteiger partial charge on any atom is -0.506 e. The summed E-state index contributed by atoms with van der Waals surface area (Å²) in [6.45, 7) is 0. The number of hydrogen-bond acceptors (Lipinski definition) is 2. The molecule has 0 fully saturated rings. The Balaban J connectivity index is 2.71. The third kappa shape index (κ3) is 1.39. The van der Waals surface area contributed by atoms with Gasteiger partial charge in [-0.2, -0.15) is 0 Å². The molecule has 2 nitrogen and oxygen atoms in total. The van der Waals surface area contributed by atoms with Gasteiger partial charge in [-0.1, -0.05) is 18.2 Å². The van der Waals surface area contributed by atoms with Crippen molar-refractivity contribution in [3.8, 4) is 5.75 Å². The standard InChI is InChI=1S/C10H7F2NO/c11-10(12)9-8(14)5-6-3-1-2-4-7(6)13-9/h1-5,10,14H. The van der Waals surface area contributed by atoms with Crippen LogP contribution in [0, 0.1) is 0 Å². The molecule has 0 aliphatic rings. The maximum Gasteiger partial charge on any atom is 0.284 e. The molecule has 4 heteroatoms. The van der Waals surface area contributed by atoms with Gasteiger partial charge in [0.15, 0.2) is 0 Å². The van der Waals surface area contributed by atoms with Gasteiger partial charge >= 0.3 is 0 Å². The summed E-state index contributed by atoms with van der Waals surface area (Å²) < 4.78 is 24.7. The molecule has 0 saturated carbocycles. The van der Waals surface area contributed by atoms with Gasteiger partial charge in [-0.15, -0.1) is 0 Å². The fourth-order valence-corrected chi connectivity index (χ4v) is 1.28. The molecule has 14 heavy (non-hydrogen) atoms. The lowest BCUT2D eigenvalue weighted by atomic mass is 10.2. The number of pyridine rings is 1. The first kappa shape index (κ1) is 8.87. The maximum atomic E-state index is 12.3. The average Bonchev–Trinajstić information content (AvgIpc) is 2.16. The number of nitrogens with zero attached hydrogens (tertiary/aromatic N) is 1. The number of fused-ring (bicyclic) bond motifs is 1. The third-order valence-electron chi connectivity index (χ3n) is 1.94. The molecule has 1 aromatic heterocycles. The van der Waals surface area contributed by atoms with Crippen LogP contribution >= 0.6 is 0 Å². The number of aromatic nitrogens is 1. The lowest BCUT2D eigenvalue weighted by Gasteiger charge is -2.04. The van der Waals surface area contributed by atoms with Crippen molar-refractivity contribution in [2.24, 2.45) is 0 Å². The second kappa shape index (κ2) is 3.21. The number of hydrogen-bond donors (Lipinski definition) is 1. The second-order valence-electron chi connectivity index (χ2n) is 2.89. The second-order valence-corrected chi connectivity index (χ2v) is 2.89. The zero-order valence-corrected chi connectivity index (χ0v) is 7.11. The van der Waals surface area contributed by atoms with Gasteiger partial charge in [0.25, 0.3) is 6.43 Å². The summed E-state index contributed by atoms with van der Waals surface area (Å²) in [5, 5.41) is 9.88. The molecule has 0 aliphatic carbocycles. The van der Waals surface area contributed by atoms with Crippen molar-refractivity contribution < 1.29 is 13.9 Å². The van der Waals surface area contributed by atoms with E-state index in [1.54, 1.807) is 24.3 Å². The highest BCUT2D eigenvalue weighted by atomic mass is 19.3. The van der Waals surface area contributed by atoms with Gasteiger partial charge in [0, 0.05) is 5.39 Å². The van der Waals surface area contributed by atoms with Crippen molar-refractivity contribution in [2.45, 2.75) is 6.43 Å². The molecule has 0 saturated heterocycles. The number of rotatable bonds is 1. The fourth-order valence-electron chi connectivity index (χ4n) is 1.28. The Labute approximate surface area is 78.8 Å². The summed E-state index contributed by atoms with van der Waals surface area (Å²) in [5.41, 5.74) is -0.107. The Morgan fingerprint density at radius 2 is 1.93 bits per heavy atom. The molecule has 0 unspecified atom stereocenters. The van der Waals surface area contributed by atoms with Crippen LogP contribution in [-0.4, -0.2) is 10.1 Å². The molecule has 0 aliphatic heterocycles. The van der Waals surface area contributed by atoms with Crippen LogP contribution in [-0.2, 0) is 0 Å². The zero-order valence-electron chi connectivity index (χ0n) is 7.11. The van der Waals surface area contributed by atoms with Crippen LogP contribution in [0.4, 0.5) is 8.78 Å². The molecule has 0 amide bonds. The van der Waals surface area contributed by atoms with Crippen molar-refractivity contribution in [3.63, 3.8) is 0 Å². The molecular weight excluding hydrogens is 188 g/mol. The highest BCUT2D eigenvalue weighted by Gasteiger charge is 2.15. The van der Waals surface area contributed by atoms with E-state index in [0.29, 0.717) is 10.9 Å². The van der Waals surface area contributed by atoms with E-state index in [9.17, 15) is 13.9 Å². The lowest BCUT2D eigenvalue weighted by Crippen LogP contribution is -1.91. The summed E-state index contributed by atoms with van der Waals surface area (Å²) in [4.78, 5) is 3.67. The number of benzene rings is 1. The number of alkyl halides is 2. The summed E-state index contributed by atoms with van der Waals surface area (Å²) in [6.07, 6.45) is -2.75. The minimum atomic E-state index is -2.75. The highest BCUT2D eigenvalue weighted by molar-refractivity contribution is 5.80. The molecular formula is C10H7F2NO. The van der Waals surface area contributed by atoms with Crippen molar-refractivity contribution in [1.29, 1.82) is 0 Å². The van der Waals surface area contributed by atoms with E-state index in [4.69, 9.17) is 0 Å². The van der Waals surface area contributed by atoms with Crippen LogP contribution in [0.15, 0.2) is 30.3 Å². The predicted octanol–water partition coefficient (Wildman–Crippen LogP) is 2.88. The van der Waals surface area contributed by atoms with Gasteiger partial charge in [0.2, 0.25) is 0 Å². The van der Waals surface area contributed by atoms with Crippen molar-refractivity contribution >= 4 is 10.9 Å². The van der Waals surface area contributed by atoms with Gasteiger partial charge in [0.05, 0.1) is 5.52 Å². The van der Waals surface area contributed by atoms with Gasteiger partial charge in [-0.25, -0.2) is 13.8 Å². The van der Waals surface area contributed by atoms with Crippen LogP contribution in [0.5, 0.6) is 5.75 Å². The Kier molecular flexibility index (Phi) is 2.04. The van der Waals surface area contributed by atoms with Crippen LogP contribution < -0.4 is 0 Å². The quantitative estimate of drug-likeness (QED) is 0.758. The number of halogens is 2. The first-order valence-corrected chi connectivity index (χ1v) is 4.05. The minimum absolute atomic E-state index is 0.459. The van der Waals surface area contributed by atoms with E-state index in [1.807, 2.05) is 0 Å². The van der Waals surface area contributed by atoms with E-state index < -0.39 is 17.9 Å². The first-order valence-electron chi connectivity index (χ1n) is 4.05. The molecule has 2 aromatic rings. The number of aromatic hydroxyl groups is 1. The van der Waals surface area contributed by atoms with E-state index in [1.165, 1.54) is 6.07 Å². The topological polar surface area (TPSA) is 33.1 Å². The molecule has 0 atom stereocenters. The summed E-state index contributed by atoms with van der Waals surface area (Å²) in [7, 11) is 0. The van der Waals surface area contributed by atoms with Crippen molar-refractivity contribution in [2.75, 3.05) is 0 Å². The monoisotopic (exact) mass is 195 g/mol. The molecule has 0 spiro atoms. The summed E-state index contributed by atoms with van der Waals surface area (Å²) in [5.74, 6) is -0.460. The van der Waals surface area contributed by atoms with Crippen LogP contribution in [0.2, 0.25) is 0 Å². The SMILES string of the molecule is Oc1cc2ccccc2nc1C(F)F. The Hall–Kier alpha value is -1.71. The predicted molar refractivity (Wildman–Crippen MR) is 48.4 cm³/mol. The third-order valence-corrected chi connectivity index (χ3v) is 1.94. The largest absolute Gasteiger partial charge is 0.506 e. The zero-order chi connectivity index (χ0) is 10.1. The molecule has 0 bridgehead atoms. The van der Waals surface area contributed by atoms with Gasteiger partial charge < -0.3 is 5.11 Å². The molecule has 1 aromatic carbocycles. The normalized spacial score (nSPS) is 11.1. The smallest absolute Gasteiger partial charge is 0.284 e. The van der Waals surface area contributed by atoms with Crippen LogP contribution in [0.3, 0.4) is 0 Å². The van der Waals surface area contributed by atoms with Crippen molar-refractivity contribution in [3.05, 3.63) is 36.0 Å². The molecule has 2 rings (SSSR count). The molecule has 0 radical (unpaired) electrons. The maximum absolute atomic E-state index is 12.3. The Morgan fingerprint density at radius 3 is 2.64 bits per heavy atom. The fraction of sp³-hybridized carbons (Fsp3) is 0.100. The summed E-state index contributed by atoms with van der Waals surface area (Å²) >= 11 is 0. The first-order chi connectivity index (χ1) is 6.68. The molecule has 1 N–H and O–H groups in total. The Morgan fingerprint density at radius 1 is 1.21 bits per heavy atom. The lowest BCUT2D eigenvalue weighted by molar-refractivity contribution is 0.142. The van der Waals surface area contributed by atoms with Gasteiger partial charge in [-0.3, -0.25) is 0 Å². The average molecular weight is 195 g/mol. The van der Waals surface area contributed by atoms with E-state index >= 15 is 0 Å². The Bertz CT molecular complexity index is 471. The van der Waals surface area contributed by atoms with Gasteiger partial charge in [0.1, 0.15) is 11.4 Å². The van der Waals surface area contributed by atoms with E-state index in [0.717, 1.165) is 0 Å². The number of para-hydroxylation sites is 1.